The van der Waals surface area contributed by atoms with E-state index in [0.29, 0.717) is 172 Å². The summed E-state index contributed by atoms with van der Waals surface area (Å²) in [6, 6.07) is 32.8. The number of piperazine rings is 4. The first-order valence-corrected chi connectivity index (χ1v) is 48.6. The number of fused-ring (bicyclic) bond motifs is 6. The van der Waals surface area contributed by atoms with Gasteiger partial charge in [-0.3, -0.25) is 19.2 Å². The summed E-state index contributed by atoms with van der Waals surface area (Å²) < 4.78 is 11.5. The molecule has 34 heteroatoms. The topological polar surface area (TPSA) is 312 Å². The van der Waals surface area contributed by atoms with Gasteiger partial charge in [-0.1, -0.05) is 177 Å². The van der Waals surface area contributed by atoms with Crippen LogP contribution in [0.2, 0.25) is 20.1 Å². The van der Waals surface area contributed by atoms with E-state index in [1.54, 1.807) is 25.3 Å². The Morgan fingerprint density at radius 2 is 0.634 bits per heavy atom. The lowest BCUT2D eigenvalue weighted by molar-refractivity contribution is -0.134. The van der Waals surface area contributed by atoms with E-state index >= 15 is 0 Å². The number of aromatic nitrogens is 8. The highest BCUT2D eigenvalue weighted by Crippen LogP contribution is 2.49. The molecule has 4 aromatic carbocycles. The highest BCUT2D eigenvalue weighted by atomic mass is 35.5. The van der Waals surface area contributed by atoms with Crippen molar-refractivity contribution in [3.63, 3.8) is 0 Å². The summed E-state index contributed by atoms with van der Waals surface area (Å²) in [6.07, 6.45) is 9.70. The number of anilines is 8. The first-order valence-electron chi connectivity index (χ1n) is 47.0. The SMILES string of the molecule is C=C1C[C@@H](C)c2c(ncnc2N2CCN(C(=O)[C@H](CNC(C)C)c3ccc(Cl)cc3)[C@@H]3C[C@@H]32)N1.C=C1C[C@@H](C)c2c(ncnc2N2CCN(C(=O)[C@H](CNC(C)C)c3ccc(Cl)cc3)[C@H]3C[C@H]32)N1.C=C1Nc2ncnc(N3CCN(C(=O)[C@H](CNC(C)C)c4ccc(Cl)cc4)CC3)c2C(C)O1.C=C1Nc2ncnc(N3CCN(C(=O)[C@H](CNC(C)C)c4ccc(Cl)cc4)CC3)c2[C@H](C)O1. The molecule has 4 saturated heterocycles. The molecule has 1 unspecified atom stereocenters. The molecule has 4 aromatic heterocycles. The zero-order valence-electron chi connectivity index (χ0n) is 78.9. The monoisotopic (exact) mass is 1900 g/mol. The van der Waals surface area contributed by atoms with E-state index in [1.807, 2.05) is 121 Å². The van der Waals surface area contributed by atoms with Crippen molar-refractivity contribution in [2.24, 2.45) is 0 Å². The van der Waals surface area contributed by atoms with Crippen LogP contribution < -0.4 is 62.1 Å². The van der Waals surface area contributed by atoms with Crippen molar-refractivity contribution >= 4 is 117 Å². The first kappa shape index (κ1) is 97.6. The molecule has 30 nitrogen and oxygen atoms in total. The molecule has 2 aliphatic carbocycles. The lowest BCUT2D eigenvalue weighted by Gasteiger charge is -2.39. The minimum absolute atomic E-state index is 0.129. The Kier molecular flexibility index (Phi) is 31.6. The van der Waals surface area contributed by atoms with E-state index in [0.717, 1.165) is 130 Å². The van der Waals surface area contributed by atoms with Crippen molar-refractivity contribution in [2.75, 3.05) is 146 Å². The van der Waals surface area contributed by atoms with Gasteiger partial charge in [-0.25, -0.2) is 39.9 Å². The maximum absolute atomic E-state index is 13.8. The molecule has 0 bridgehead atoms. The van der Waals surface area contributed by atoms with Crippen LogP contribution in [0.15, 0.2) is 172 Å². The number of allylic oxidation sites excluding steroid dienone is 2. The Hall–Kier alpha value is -11.0. The van der Waals surface area contributed by atoms with Crippen LogP contribution in [0, 0.1) is 0 Å². The normalized spacial score (nSPS) is 21.8. The van der Waals surface area contributed by atoms with Gasteiger partial charge in [-0.05, 0) is 135 Å². The van der Waals surface area contributed by atoms with Gasteiger partial charge in [-0.2, -0.15) is 0 Å². The Bertz CT molecular complexity index is 5190. The molecule has 4 amide bonds. The van der Waals surface area contributed by atoms with Gasteiger partial charge in [0.05, 0.1) is 59.0 Å². The number of rotatable bonds is 24. The average molecular weight is 1900 g/mol. The molecule has 8 aliphatic heterocycles. The second-order valence-electron chi connectivity index (χ2n) is 37.6. The Labute approximate surface area is 807 Å². The zero-order chi connectivity index (χ0) is 95.0. The number of halogens is 4. The summed E-state index contributed by atoms with van der Waals surface area (Å²) in [5, 5.41) is 29.3. The van der Waals surface area contributed by atoms with Gasteiger partial charge in [0.25, 0.3) is 0 Å². The predicted octanol–water partition coefficient (Wildman–Crippen LogP) is 15.3. The molecule has 6 fully saturated rings. The standard InChI is InChI=1S/2C26H33ClN6O.2C24H31ClN6O2/c2*1-15(2)28-13-20(18-5-7-19(27)8-6-18)26(34)33-10-9-32(21-12-22(21)33)25-23-16(3)11-17(4)31-24(23)29-14-30-25;2*1-15(2)26-13-20(18-5-7-19(25)8-6-18)24(32)31-11-9-30(10-12-31)23-21-16(3)33-17(4)29-22(21)27-14-28-23/h2*5-8,14-16,20-22,28H,4,9-13H2,1-3H3,(H,29,30,31);2*5-8,14-16,20,26H,4,9-13H2,1-3H3,(H,27,28,29)/t16-,20-,21+,22-;16-,20-,21-,22+;16?,20-;16-,20+/m1110/s1. The summed E-state index contributed by atoms with van der Waals surface area (Å²) >= 11 is 24.4. The van der Waals surface area contributed by atoms with Crippen LogP contribution in [0.25, 0.3) is 0 Å². The molecule has 18 rings (SSSR count). The second-order valence-corrected chi connectivity index (χ2v) is 39.4. The highest BCUT2D eigenvalue weighted by molar-refractivity contribution is 6.31. The molecule has 134 heavy (non-hydrogen) atoms. The van der Waals surface area contributed by atoms with Gasteiger partial charge >= 0.3 is 0 Å². The van der Waals surface area contributed by atoms with Crippen molar-refractivity contribution in [2.45, 2.75) is 205 Å². The molecule has 712 valence electrons. The molecule has 10 aliphatic rings. The van der Waals surface area contributed by atoms with Crippen molar-refractivity contribution in [1.29, 1.82) is 0 Å². The fraction of sp³-hybridized carbons (Fsp3) is 0.480. The van der Waals surface area contributed by atoms with Crippen LogP contribution in [-0.4, -0.2) is 236 Å². The lowest BCUT2D eigenvalue weighted by Crippen LogP contribution is -2.51. The van der Waals surface area contributed by atoms with Gasteiger partial charge in [-0.15, -0.1) is 0 Å². The zero-order valence-corrected chi connectivity index (χ0v) is 81.9. The summed E-state index contributed by atoms with van der Waals surface area (Å²) in [6.45, 7) is 51.5. The van der Waals surface area contributed by atoms with Gasteiger partial charge in [0.1, 0.15) is 84.1 Å². The Morgan fingerprint density at radius 1 is 0.358 bits per heavy atom. The van der Waals surface area contributed by atoms with Crippen LogP contribution in [0.5, 0.6) is 0 Å². The third kappa shape index (κ3) is 23.1. The van der Waals surface area contributed by atoms with E-state index in [1.165, 1.54) is 11.1 Å². The number of carbonyl (C=O) groups excluding carboxylic acids is 4. The van der Waals surface area contributed by atoms with Crippen LogP contribution in [0.4, 0.5) is 46.5 Å². The largest absolute Gasteiger partial charge is 0.471 e. The quantitative estimate of drug-likeness (QED) is 0.0279. The molecular weight excluding hydrogens is 1780 g/mol. The molecule has 12 heterocycles. The van der Waals surface area contributed by atoms with Crippen molar-refractivity contribution in [3.8, 4) is 0 Å². The molecule has 12 atom stereocenters. The summed E-state index contributed by atoms with van der Waals surface area (Å²) in [5.41, 5.74) is 10.1. The summed E-state index contributed by atoms with van der Waals surface area (Å²) in [7, 11) is 0. The number of nitrogens with one attached hydrogen (secondary N) is 8. The number of nitrogens with zero attached hydrogens (tertiary/aromatic N) is 16. The first-order chi connectivity index (χ1) is 64.3. The molecular formula is C100H128Cl4N24O6. The number of carbonyl (C=O) groups is 4. The van der Waals surface area contributed by atoms with Crippen LogP contribution in [-0.2, 0) is 28.7 Å². The maximum Gasteiger partial charge on any atom is 0.231 e. The fourth-order valence-corrected chi connectivity index (χ4v) is 19.9. The van der Waals surface area contributed by atoms with Crippen LogP contribution in [0.1, 0.15) is 201 Å². The Morgan fingerprint density at radius 3 is 0.925 bits per heavy atom. The number of hydrogen-bond acceptors (Lipinski definition) is 26. The van der Waals surface area contributed by atoms with Crippen LogP contribution >= 0.6 is 46.4 Å². The molecule has 0 radical (unpaired) electrons. The number of ether oxygens (including phenoxy) is 2. The molecule has 8 N–H and O–H groups in total. The van der Waals surface area contributed by atoms with Crippen molar-refractivity contribution in [1.82, 2.24) is 80.7 Å². The van der Waals surface area contributed by atoms with E-state index < -0.39 is 0 Å². The number of amides is 4. The molecule has 8 aromatic rings. The summed E-state index contributed by atoms with van der Waals surface area (Å²) in [5.74, 6) is 8.16. The van der Waals surface area contributed by atoms with E-state index in [-0.39, 0.29) is 71.6 Å². The second kappa shape index (κ2) is 43.4. The van der Waals surface area contributed by atoms with Gasteiger partial charge in [0.15, 0.2) is 11.8 Å². The third-order valence-electron chi connectivity index (χ3n) is 26.4. The molecule has 2 saturated carbocycles. The fourth-order valence-electron chi connectivity index (χ4n) is 19.4. The number of hydrogen-bond donors (Lipinski definition) is 8. The van der Waals surface area contributed by atoms with Crippen molar-refractivity contribution < 1.29 is 28.7 Å². The van der Waals surface area contributed by atoms with E-state index in [4.69, 9.17) is 65.8 Å². The smallest absolute Gasteiger partial charge is 0.231 e. The van der Waals surface area contributed by atoms with Crippen LogP contribution in [0.3, 0.4) is 0 Å². The third-order valence-corrected chi connectivity index (χ3v) is 27.4. The molecule has 0 spiro atoms. The van der Waals surface area contributed by atoms with Gasteiger partial charge in [0, 0.05) is 171 Å². The van der Waals surface area contributed by atoms with E-state index in [2.05, 4.69) is 197 Å². The minimum Gasteiger partial charge on any atom is -0.471 e. The van der Waals surface area contributed by atoms with E-state index in [9.17, 15) is 19.2 Å². The summed E-state index contributed by atoms with van der Waals surface area (Å²) in [4.78, 5) is 108. The Balaban J connectivity index is 0.000000136. The maximum atomic E-state index is 13.8. The minimum atomic E-state index is -0.258. The lowest BCUT2D eigenvalue weighted by atomic mass is 9.93. The predicted molar refractivity (Wildman–Crippen MR) is 534 cm³/mol. The van der Waals surface area contributed by atoms with Gasteiger partial charge in [0.2, 0.25) is 23.6 Å². The van der Waals surface area contributed by atoms with Gasteiger partial charge < -0.3 is 91.2 Å². The average Bonchev–Trinajstić information content (AvgIpc) is 1.58. The highest BCUT2D eigenvalue weighted by Gasteiger charge is 2.55. The van der Waals surface area contributed by atoms with Crippen molar-refractivity contribution in [3.05, 3.63) is 236 Å². The number of benzene rings is 4.